The van der Waals surface area contributed by atoms with Crippen molar-refractivity contribution in [1.29, 1.82) is 0 Å². The summed E-state index contributed by atoms with van der Waals surface area (Å²) in [7, 11) is -3.83. The molecule has 1 atom stereocenters. The van der Waals surface area contributed by atoms with E-state index in [1.165, 1.54) is 12.1 Å². The van der Waals surface area contributed by atoms with Crippen molar-refractivity contribution in [2.24, 2.45) is 0 Å². The second-order valence-electron chi connectivity index (χ2n) is 3.56. The summed E-state index contributed by atoms with van der Waals surface area (Å²) in [5.41, 5.74) is 0. The summed E-state index contributed by atoms with van der Waals surface area (Å²) in [6.07, 6.45) is 1.05. The van der Waals surface area contributed by atoms with E-state index in [-0.39, 0.29) is 4.90 Å². The van der Waals surface area contributed by atoms with Crippen LogP contribution in [-0.4, -0.2) is 29.1 Å². The molecule has 1 aromatic carbocycles. The number of hydrogen-bond donors (Lipinski definition) is 1. The third-order valence-electron chi connectivity index (χ3n) is 2.39. The second-order valence-corrected chi connectivity index (χ2v) is 7.67. The highest BCUT2D eigenvalue weighted by Crippen LogP contribution is 2.07. The largest absolute Gasteiger partial charge is 0.418 e. The molecule has 4 nitrogen and oxygen atoms in total. The van der Waals surface area contributed by atoms with Crippen LogP contribution >= 0.6 is 0 Å². The summed E-state index contributed by atoms with van der Waals surface area (Å²) in [5, 5.41) is 1.05. The Morgan fingerprint density at radius 2 is 1.88 bits per heavy atom. The molecule has 0 heterocycles. The maximum absolute atomic E-state index is 10.8. The van der Waals surface area contributed by atoms with E-state index < -0.39 is 19.2 Å². The summed E-state index contributed by atoms with van der Waals surface area (Å²) in [6, 6.07) is 7.29. The van der Waals surface area contributed by atoms with Gasteiger partial charge in [-0.3, -0.25) is 4.55 Å². The van der Waals surface area contributed by atoms with Crippen LogP contribution in [0.5, 0.6) is 0 Å². The molecule has 1 unspecified atom stereocenters. The van der Waals surface area contributed by atoms with E-state index >= 15 is 0 Å². The van der Waals surface area contributed by atoms with E-state index in [1.54, 1.807) is 19.2 Å². The molecule has 0 spiro atoms. The highest BCUT2D eigenvalue weighted by Gasteiger charge is 2.14. The minimum atomic E-state index is -4.09. The minimum Gasteiger partial charge on any atom is -0.418 e. The Kier molecular flexibility index (Phi) is 4.66. The third-order valence-corrected chi connectivity index (χ3v) is 6.05. The zero-order valence-corrected chi connectivity index (χ0v) is 11.4. The maximum Gasteiger partial charge on any atom is 0.294 e. The molecule has 6 heteroatoms. The molecule has 0 aliphatic rings. The van der Waals surface area contributed by atoms with Crippen LogP contribution in [0.15, 0.2) is 29.2 Å². The maximum atomic E-state index is 10.8. The van der Waals surface area contributed by atoms with Gasteiger partial charge >= 0.3 is 0 Å². The predicted octanol–water partition coefficient (Wildman–Crippen LogP) is 0.921. The zero-order valence-electron chi connectivity index (χ0n) is 9.38. The normalized spacial score (nSPS) is 13.7. The van der Waals surface area contributed by atoms with Crippen molar-refractivity contribution >= 4 is 24.3 Å². The van der Waals surface area contributed by atoms with Crippen molar-refractivity contribution in [1.82, 2.24) is 0 Å². The molecule has 1 aromatic rings. The number of benzene rings is 1. The summed E-state index contributed by atoms with van der Waals surface area (Å²) >= 11 is 0. The third kappa shape index (κ3) is 3.41. The Bertz CT molecular complexity index is 427. The van der Waals surface area contributed by atoms with E-state index in [9.17, 15) is 8.42 Å². The van der Waals surface area contributed by atoms with Gasteiger partial charge in [0.25, 0.3) is 10.1 Å². The van der Waals surface area contributed by atoms with Gasteiger partial charge in [0, 0.05) is 7.11 Å². The first-order valence-electron chi connectivity index (χ1n) is 5.09. The lowest BCUT2D eigenvalue weighted by Gasteiger charge is -2.12. The van der Waals surface area contributed by atoms with Crippen molar-refractivity contribution in [3.05, 3.63) is 24.3 Å². The molecular formula is C10H16O4SSi. The van der Waals surface area contributed by atoms with Crippen LogP contribution in [0.2, 0.25) is 6.04 Å². The fraction of sp³-hybridized carbons (Fsp3) is 0.400. The summed E-state index contributed by atoms with van der Waals surface area (Å²) in [5.74, 6) is 0. The smallest absolute Gasteiger partial charge is 0.294 e. The quantitative estimate of drug-likeness (QED) is 0.631. The van der Waals surface area contributed by atoms with Gasteiger partial charge in [-0.2, -0.15) is 8.42 Å². The van der Waals surface area contributed by atoms with Gasteiger partial charge in [0.2, 0.25) is 9.04 Å². The van der Waals surface area contributed by atoms with Crippen LogP contribution in [0.25, 0.3) is 0 Å². The fourth-order valence-electron chi connectivity index (χ4n) is 1.54. The van der Waals surface area contributed by atoms with Gasteiger partial charge in [0.05, 0.1) is 4.90 Å². The molecule has 0 saturated carbocycles. The Morgan fingerprint density at radius 3 is 2.25 bits per heavy atom. The average Bonchev–Trinajstić information content (AvgIpc) is 2.25. The van der Waals surface area contributed by atoms with Crippen molar-refractivity contribution < 1.29 is 17.4 Å². The lowest BCUT2D eigenvalue weighted by atomic mass is 10.4. The predicted molar refractivity (Wildman–Crippen MR) is 65.1 cm³/mol. The van der Waals surface area contributed by atoms with Gasteiger partial charge in [-0.25, -0.2) is 0 Å². The highest BCUT2D eigenvalue weighted by atomic mass is 32.2. The summed E-state index contributed by atoms with van der Waals surface area (Å²) in [6.45, 7) is 2.09. The van der Waals surface area contributed by atoms with Crippen LogP contribution < -0.4 is 5.19 Å². The molecule has 0 radical (unpaired) electrons. The Hall–Kier alpha value is -0.693. The molecule has 0 aromatic heterocycles. The SMILES string of the molecule is CCC[SiH](OC)c1ccc(S(=O)(=O)O)cc1. The standard InChI is InChI=1S/C10H16O4SSi/c1-3-8-16(14-2)10-6-4-9(5-7-10)15(11,12)13/h4-7,16H,3,8H2,1-2H3,(H,11,12,13). The van der Waals surface area contributed by atoms with Gasteiger partial charge in [-0.15, -0.1) is 0 Å². The molecule has 1 N–H and O–H groups in total. The van der Waals surface area contributed by atoms with Crippen LogP contribution in [0, 0.1) is 0 Å². The first-order valence-corrected chi connectivity index (χ1v) is 8.39. The number of hydrogen-bond acceptors (Lipinski definition) is 3. The van der Waals surface area contributed by atoms with Crippen LogP contribution in [-0.2, 0) is 14.5 Å². The molecule has 0 bridgehead atoms. The van der Waals surface area contributed by atoms with Crippen LogP contribution in [0.4, 0.5) is 0 Å². The lowest BCUT2D eigenvalue weighted by molar-refractivity contribution is 0.428. The molecule has 0 saturated heterocycles. The van der Waals surface area contributed by atoms with Gasteiger partial charge in [-0.05, 0) is 23.4 Å². The summed E-state index contributed by atoms with van der Waals surface area (Å²) in [4.78, 5) is -0.0726. The average molecular weight is 260 g/mol. The van der Waals surface area contributed by atoms with Gasteiger partial charge in [-0.1, -0.05) is 25.5 Å². The van der Waals surface area contributed by atoms with E-state index in [4.69, 9.17) is 8.98 Å². The van der Waals surface area contributed by atoms with Crippen LogP contribution in [0.1, 0.15) is 13.3 Å². The van der Waals surface area contributed by atoms with Crippen LogP contribution in [0.3, 0.4) is 0 Å². The van der Waals surface area contributed by atoms with Gasteiger partial charge < -0.3 is 4.43 Å². The van der Waals surface area contributed by atoms with E-state index in [2.05, 4.69) is 6.92 Å². The highest BCUT2D eigenvalue weighted by molar-refractivity contribution is 7.85. The first-order chi connectivity index (χ1) is 7.49. The summed E-state index contributed by atoms with van der Waals surface area (Å²) < 4.78 is 36.0. The van der Waals surface area contributed by atoms with Gasteiger partial charge in [0.15, 0.2) is 0 Å². The van der Waals surface area contributed by atoms with E-state index in [1.807, 2.05) is 0 Å². The molecule has 0 aliphatic carbocycles. The molecule has 90 valence electrons. The molecule has 0 fully saturated rings. The van der Waals surface area contributed by atoms with Crippen molar-refractivity contribution in [2.75, 3.05) is 7.11 Å². The monoisotopic (exact) mass is 260 g/mol. The van der Waals surface area contributed by atoms with E-state index in [0.29, 0.717) is 0 Å². The molecule has 16 heavy (non-hydrogen) atoms. The van der Waals surface area contributed by atoms with E-state index in [0.717, 1.165) is 17.7 Å². The topological polar surface area (TPSA) is 63.6 Å². The Balaban J connectivity index is 2.93. The Morgan fingerprint density at radius 1 is 1.31 bits per heavy atom. The van der Waals surface area contributed by atoms with Crippen molar-refractivity contribution in [3.63, 3.8) is 0 Å². The molecule has 0 aliphatic heterocycles. The van der Waals surface area contributed by atoms with Crippen molar-refractivity contribution in [2.45, 2.75) is 24.3 Å². The van der Waals surface area contributed by atoms with Crippen molar-refractivity contribution in [3.8, 4) is 0 Å². The lowest BCUT2D eigenvalue weighted by Crippen LogP contribution is -2.32. The molecular weight excluding hydrogens is 244 g/mol. The van der Waals surface area contributed by atoms with Gasteiger partial charge in [0.1, 0.15) is 0 Å². The second kappa shape index (κ2) is 5.58. The minimum absolute atomic E-state index is 0.0726. The Labute approximate surface area is 97.7 Å². The fourth-order valence-corrected chi connectivity index (χ4v) is 4.00. The molecule has 1 rings (SSSR count). The first kappa shape index (κ1) is 13.4. The molecule has 0 amide bonds. The zero-order chi connectivity index (χ0) is 12.2. The number of rotatable bonds is 5.